The van der Waals surface area contributed by atoms with Gasteiger partial charge in [-0.15, -0.1) is 0 Å². The first-order chi connectivity index (χ1) is 16.2. The van der Waals surface area contributed by atoms with E-state index in [1.54, 1.807) is 19.2 Å². The molecule has 0 bridgehead atoms. The average molecular weight is 447 g/mol. The van der Waals surface area contributed by atoms with Crippen molar-refractivity contribution in [3.63, 3.8) is 0 Å². The summed E-state index contributed by atoms with van der Waals surface area (Å²) >= 11 is 0. The van der Waals surface area contributed by atoms with Crippen LogP contribution in [-0.2, 0) is 21.0 Å². The molecule has 0 N–H and O–H groups in total. The molecule has 3 aromatic carbocycles. The van der Waals surface area contributed by atoms with Crippen LogP contribution in [0.4, 0.5) is 0 Å². The van der Waals surface area contributed by atoms with Gasteiger partial charge < -0.3 is 23.8 Å². The predicted molar refractivity (Wildman–Crippen MR) is 123 cm³/mol. The Hall–Kier alpha value is -4.00. The summed E-state index contributed by atoms with van der Waals surface area (Å²) in [6.07, 6.45) is -0.652. The number of rotatable bonds is 8. The number of ether oxygens (including phenoxy) is 4. The fourth-order valence-corrected chi connectivity index (χ4v) is 3.78. The number of benzene rings is 3. The number of carbonyl (C=O) groups is 1. The number of hydrogen-bond donors (Lipinski definition) is 0. The van der Waals surface area contributed by atoms with E-state index in [1.165, 1.54) is 14.2 Å². The van der Waals surface area contributed by atoms with E-state index < -0.39 is 18.0 Å². The second kappa shape index (κ2) is 10.1. The molecule has 0 fully saturated rings. The molecular weight excluding hydrogens is 422 g/mol. The van der Waals surface area contributed by atoms with Gasteiger partial charge >= 0.3 is 5.97 Å². The van der Waals surface area contributed by atoms with Gasteiger partial charge in [-0.1, -0.05) is 65.8 Å². The zero-order chi connectivity index (χ0) is 23.2. The summed E-state index contributed by atoms with van der Waals surface area (Å²) in [7, 11) is 4.62. The third kappa shape index (κ3) is 4.62. The molecule has 33 heavy (non-hydrogen) atoms. The van der Waals surface area contributed by atoms with Crippen LogP contribution in [0.15, 0.2) is 78.0 Å². The van der Waals surface area contributed by atoms with Crippen LogP contribution < -0.4 is 14.2 Å². The van der Waals surface area contributed by atoms with E-state index in [0.29, 0.717) is 28.5 Å². The normalized spacial score (nSPS) is 17.0. The summed E-state index contributed by atoms with van der Waals surface area (Å²) in [6.45, 7) is 0.141. The van der Waals surface area contributed by atoms with E-state index in [1.807, 2.05) is 60.7 Å². The van der Waals surface area contributed by atoms with Crippen LogP contribution in [0.2, 0.25) is 0 Å². The van der Waals surface area contributed by atoms with Crippen LogP contribution in [0.3, 0.4) is 0 Å². The molecule has 0 radical (unpaired) electrons. The second-order valence-corrected chi connectivity index (χ2v) is 7.39. The largest absolute Gasteiger partial charge is 0.496 e. The van der Waals surface area contributed by atoms with Crippen molar-refractivity contribution in [1.29, 1.82) is 0 Å². The standard InChI is InChI=1S/C26H25NO6/c1-29-19-14-20(30-2)22(21(15-19)31-3)24-23(25(33-27-24)18-12-8-5-9-13-18)26(28)32-16-17-10-6-4-7-11-17/h4-15,23,25H,16H2,1-3H3/t23-,25+/m1/s1. The lowest BCUT2D eigenvalue weighted by molar-refractivity contribution is -0.150. The van der Waals surface area contributed by atoms with Crippen molar-refractivity contribution >= 4 is 11.7 Å². The highest BCUT2D eigenvalue weighted by Gasteiger charge is 2.45. The summed E-state index contributed by atoms with van der Waals surface area (Å²) in [4.78, 5) is 19.2. The van der Waals surface area contributed by atoms with E-state index in [9.17, 15) is 4.79 Å². The van der Waals surface area contributed by atoms with Crippen LogP contribution in [0.25, 0.3) is 0 Å². The number of hydrogen-bond acceptors (Lipinski definition) is 7. The highest BCUT2D eigenvalue weighted by molar-refractivity contribution is 6.15. The first-order valence-electron chi connectivity index (χ1n) is 10.5. The van der Waals surface area contributed by atoms with E-state index in [0.717, 1.165) is 11.1 Å². The predicted octanol–water partition coefficient (Wildman–Crippen LogP) is 4.55. The van der Waals surface area contributed by atoms with Crippen LogP contribution in [0.1, 0.15) is 22.8 Å². The van der Waals surface area contributed by atoms with Crippen molar-refractivity contribution in [1.82, 2.24) is 0 Å². The zero-order valence-corrected chi connectivity index (χ0v) is 18.7. The van der Waals surface area contributed by atoms with Gasteiger partial charge in [0.05, 0.1) is 26.9 Å². The smallest absolute Gasteiger partial charge is 0.319 e. The Balaban J connectivity index is 1.73. The molecule has 0 spiro atoms. The fourth-order valence-electron chi connectivity index (χ4n) is 3.78. The zero-order valence-electron chi connectivity index (χ0n) is 18.7. The summed E-state index contributed by atoms with van der Waals surface area (Å²) in [5, 5.41) is 4.31. The summed E-state index contributed by atoms with van der Waals surface area (Å²) in [5.74, 6) is 0.164. The van der Waals surface area contributed by atoms with Crippen molar-refractivity contribution in [2.45, 2.75) is 12.7 Å². The van der Waals surface area contributed by atoms with Crippen molar-refractivity contribution < 1.29 is 28.6 Å². The maximum absolute atomic E-state index is 13.4. The summed E-state index contributed by atoms with van der Waals surface area (Å²) < 4.78 is 22.2. The van der Waals surface area contributed by atoms with Crippen molar-refractivity contribution in [2.75, 3.05) is 21.3 Å². The molecule has 4 rings (SSSR count). The molecule has 0 unspecified atom stereocenters. The Labute approximate surface area is 192 Å². The first-order valence-corrected chi connectivity index (χ1v) is 10.5. The minimum atomic E-state index is -0.827. The van der Waals surface area contributed by atoms with E-state index in [-0.39, 0.29) is 6.61 Å². The first kappa shape index (κ1) is 22.2. The van der Waals surface area contributed by atoms with Gasteiger partial charge in [-0.05, 0) is 11.1 Å². The van der Waals surface area contributed by atoms with Gasteiger partial charge in [0, 0.05) is 12.1 Å². The Morgan fingerprint density at radius 2 is 1.48 bits per heavy atom. The molecule has 0 saturated carbocycles. The molecule has 170 valence electrons. The van der Waals surface area contributed by atoms with Crippen molar-refractivity contribution in [2.24, 2.45) is 11.1 Å². The molecule has 0 amide bonds. The molecule has 7 heteroatoms. The highest BCUT2D eigenvalue weighted by Crippen LogP contribution is 2.42. The van der Waals surface area contributed by atoms with Crippen LogP contribution in [0, 0.1) is 5.92 Å². The number of methoxy groups -OCH3 is 3. The SMILES string of the molecule is COc1cc(OC)c(C2=NO[C@@H](c3ccccc3)[C@@H]2C(=O)OCc2ccccc2)c(OC)c1. The Morgan fingerprint density at radius 1 is 0.879 bits per heavy atom. The Kier molecular flexibility index (Phi) is 6.78. The summed E-state index contributed by atoms with van der Waals surface area (Å²) in [5.41, 5.74) is 2.59. The average Bonchev–Trinajstić information content (AvgIpc) is 3.32. The lowest BCUT2D eigenvalue weighted by Gasteiger charge is -2.20. The van der Waals surface area contributed by atoms with Crippen molar-refractivity contribution in [3.8, 4) is 17.2 Å². The lowest BCUT2D eigenvalue weighted by Crippen LogP contribution is -2.29. The molecule has 1 heterocycles. The monoisotopic (exact) mass is 447 g/mol. The third-order valence-electron chi connectivity index (χ3n) is 5.44. The minimum absolute atomic E-state index is 0.141. The molecule has 3 aromatic rings. The minimum Gasteiger partial charge on any atom is -0.496 e. The molecule has 0 saturated heterocycles. The van der Waals surface area contributed by atoms with Gasteiger partial charge in [0.1, 0.15) is 35.5 Å². The molecule has 0 aromatic heterocycles. The summed E-state index contributed by atoms with van der Waals surface area (Å²) in [6, 6.07) is 22.4. The van der Waals surface area contributed by atoms with Gasteiger partial charge in [0.2, 0.25) is 0 Å². The Bertz CT molecular complexity index is 1110. The van der Waals surface area contributed by atoms with Crippen LogP contribution >= 0.6 is 0 Å². The molecule has 0 aliphatic carbocycles. The topological polar surface area (TPSA) is 75.6 Å². The van der Waals surface area contributed by atoms with Crippen LogP contribution in [-0.4, -0.2) is 33.0 Å². The number of esters is 1. The highest BCUT2D eigenvalue weighted by atomic mass is 16.6. The van der Waals surface area contributed by atoms with Gasteiger partial charge in [-0.3, -0.25) is 4.79 Å². The van der Waals surface area contributed by atoms with Gasteiger partial charge in [0.15, 0.2) is 6.10 Å². The number of oxime groups is 1. The number of carbonyl (C=O) groups excluding carboxylic acids is 1. The maximum atomic E-state index is 13.4. The van der Waals surface area contributed by atoms with Gasteiger partial charge in [-0.25, -0.2) is 0 Å². The van der Waals surface area contributed by atoms with E-state index in [2.05, 4.69) is 5.16 Å². The molecule has 7 nitrogen and oxygen atoms in total. The second-order valence-electron chi connectivity index (χ2n) is 7.39. The Morgan fingerprint density at radius 3 is 2.06 bits per heavy atom. The van der Waals surface area contributed by atoms with Gasteiger partial charge in [0.25, 0.3) is 0 Å². The number of nitrogens with zero attached hydrogens (tertiary/aromatic N) is 1. The molecule has 1 aliphatic rings. The molecule has 2 atom stereocenters. The van der Waals surface area contributed by atoms with Gasteiger partial charge in [-0.2, -0.15) is 0 Å². The van der Waals surface area contributed by atoms with E-state index in [4.69, 9.17) is 23.8 Å². The lowest BCUT2D eigenvalue weighted by atomic mass is 9.88. The maximum Gasteiger partial charge on any atom is 0.319 e. The van der Waals surface area contributed by atoms with Crippen LogP contribution in [0.5, 0.6) is 17.2 Å². The third-order valence-corrected chi connectivity index (χ3v) is 5.44. The fraction of sp³-hybridized carbons (Fsp3) is 0.231. The molecule has 1 aliphatic heterocycles. The quantitative estimate of drug-likeness (QED) is 0.472. The van der Waals surface area contributed by atoms with E-state index >= 15 is 0 Å². The van der Waals surface area contributed by atoms with Crippen molar-refractivity contribution in [3.05, 3.63) is 89.5 Å². The molecular formula is C26H25NO6.